The molecule has 0 saturated heterocycles. The van der Waals surface area contributed by atoms with Crippen molar-refractivity contribution in [3.05, 3.63) is 253 Å². The Morgan fingerprint density at radius 1 is 0.293 bits per heavy atom. The topological polar surface area (TPSA) is 9.86 Å². The van der Waals surface area contributed by atoms with Crippen LogP contribution in [0.3, 0.4) is 0 Å². The second kappa shape index (κ2) is 17.3. The smallest absolute Gasteiger partial charge is 0.249 e. The molecule has 0 atom stereocenters. The molecule has 0 bridgehead atoms. The van der Waals surface area contributed by atoms with Gasteiger partial charge in [0.25, 0.3) is 0 Å². The van der Waals surface area contributed by atoms with Gasteiger partial charge in [-0.3, -0.25) is 0 Å². The summed E-state index contributed by atoms with van der Waals surface area (Å²) in [6.07, 6.45) is 0. The number of fused-ring (bicyclic) bond motifs is 17. The molecule has 13 aromatic carbocycles. The highest BCUT2D eigenvalue weighted by Gasteiger charge is 2.41. The summed E-state index contributed by atoms with van der Waals surface area (Å²) in [5, 5.41) is 15.9. The summed E-state index contributed by atoms with van der Waals surface area (Å²) in [5.74, 6) is 0. The number of para-hydroxylation sites is 2. The Bertz CT molecular complexity index is 5340. The average molecular weight is 1080 g/mol. The van der Waals surface area contributed by atoms with Crippen LogP contribution in [0.2, 0.25) is 0 Å². The zero-order valence-electron chi connectivity index (χ0n) is 45.8. The molecule has 0 fully saturated rings. The van der Waals surface area contributed by atoms with E-state index in [1.807, 2.05) is 23.5 Å². The first-order valence-corrected chi connectivity index (χ1v) is 30.4. The van der Waals surface area contributed by atoms with Gasteiger partial charge >= 0.3 is 0 Å². The third-order valence-corrected chi connectivity index (χ3v) is 21.5. The summed E-state index contributed by atoms with van der Waals surface area (Å²) in [4.78, 5) is 5.47. The summed E-state index contributed by atoms with van der Waals surface area (Å²) < 4.78 is 5.02. The van der Waals surface area contributed by atoms with Crippen molar-refractivity contribution in [2.45, 2.75) is 47.3 Å². The average Bonchev–Trinajstić information content (AvgIpc) is 1.95. The number of hydrogen-bond acceptors (Lipinski definition) is 2. The lowest BCUT2D eigenvalue weighted by Gasteiger charge is -2.33. The molecule has 15 aromatic rings. The second-order valence-corrected chi connectivity index (χ2v) is 25.2. The van der Waals surface area contributed by atoms with Gasteiger partial charge in [-0.25, -0.2) is 0 Å². The van der Waals surface area contributed by atoms with Crippen LogP contribution in [-0.4, -0.2) is 22.6 Å². The molecule has 4 aliphatic heterocycles. The Morgan fingerprint density at radius 2 is 0.707 bits per heavy atom. The van der Waals surface area contributed by atoms with Crippen molar-refractivity contribution in [2.75, 3.05) is 0 Å². The first-order chi connectivity index (χ1) is 40.4. The predicted molar refractivity (Wildman–Crippen MR) is 354 cm³/mol. The van der Waals surface area contributed by atoms with Crippen LogP contribution >= 0.6 is 23.5 Å². The molecule has 6 heterocycles. The van der Waals surface area contributed by atoms with Gasteiger partial charge in [0.15, 0.2) is 0 Å². The maximum absolute atomic E-state index is 2.51. The number of benzene rings is 13. The number of rotatable bonds is 2. The number of aromatic nitrogens is 2. The van der Waals surface area contributed by atoms with Gasteiger partial charge in [0.1, 0.15) is 0 Å². The zero-order valence-corrected chi connectivity index (χ0v) is 47.4. The molecular weight excluding hydrogens is 1030 g/mol. The van der Waals surface area contributed by atoms with Crippen molar-refractivity contribution in [3.63, 3.8) is 0 Å². The van der Waals surface area contributed by atoms with Crippen LogP contribution < -0.4 is 32.8 Å². The van der Waals surface area contributed by atoms with Crippen molar-refractivity contribution < 1.29 is 0 Å². The van der Waals surface area contributed by atoms with Crippen LogP contribution in [0.15, 0.2) is 250 Å². The van der Waals surface area contributed by atoms with Crippen molar-refractivity contribution in [3.8, 4) is 33.6 Å². The van der Waals surface area contributed by atoms with Crippen LogP contribution in [0, 0.1) is 27.7 Å². The molecule has 4 aliphatic rings. The Balaban J connectivity index is 0.000000126. The maximum Gasteiger partial charge on any atom is 0.249 e. The van der Waals surface area contributed by atoms with Gasteiger partial charge in [-0.1, -0.05) is 216 Å². The first kappa shape index (κ1) is 46.8. The Labute approximate surface area is 485 Å². The van der Waals surface area contributed by atoms with Crippen LogP contribution in [-0.2, 0) is 0 Å². The van der Waals surface area contributed by atoms with Crippen molar-refractivity contribution in [1.82, 2.24) is 9.13 Å². The Hall–Kier alpha value is -8.93. The highest BCUT2D eigenvalue weighted by atomic mass is 32.2. The van der Waals surface area contributed by atoms with Gasteiger partial charge in [-0.2, -0.15) is 0 Å². The third kappa shape index (κ3) is 6.37. The molecule has 0 unspecified atom stereocenters. The summed E-state index contributed by atoms with van der Waals surface area (Å²) in [5.41, 5.74) is 24.6. The SMILES string of the molecule is Cc1c(C)n2c3c(cccc13)B1c3ccc(-c4cc5ccccc5c5ccccc45)cc3Sc3cccc-2c31.Cc1c(C)n2c3c(cccc13)B1c3ccc(-c4ccc5c6ccccc6c6ccccc6c5c4)cc3Sc3cccc-2c31. The van der Waals surface area contributed by atoms with E-state index in [-0.39, 0.29) is 13.4 Å². The van der Waals surface area contributed by atoms with Crippen molar-refractivity contribution in [1.29, 1.82) is 0 Å². The first-order valence-electron chi connectivity index (χ1n) is 28.7. The lowest BCUT2D eigenvalue weighted by atomic mass is 9.35. The second-order valence-electron chi connectivity index (χ2n) is 23.1. The van der Waals surface area contributed by atoms with Gasteiger partial charge in [0, 0.05) is 64.2 Å². The minimum absolute atomic E-state index is 0.244. The molecular formula is C76H50B2N2S2. The molecule has 6 heteroatoms. The van der Waals surface area contributed by atoms with Crippen LogP contribution in [0.1, 0.15) is 22.5 Å². The van der Waals surface area contributed by atoms with Gasteiger partial charge in [0.2, 0.25) is 13.4 Å². The minimum atomic E-state index is 0.244. The van der Waals surface area contributed by atoms with E-state index in [0.29, 0.717) is 0 Å². The van der Waals surface area contributed by atoms with E-state index < -0.39 is 0 Å². The van der Waals surface area contributed by atoms with Gasteiger partial charge < -0.3 is 9.13 Å². The number of aryl methyl sites for hydroxylation is 2. The highest BCUT2D eigenvalue weighted by Crippen LogP contribution is 2.43. The van der Waals surface area contributed by atoms with Gasteiger partial charge in [0.05, 0.1) is 0 Å². The number of nitrogens with zero attached hydrogens (tertiary/aromatic N) is 2. The van der Waals surface area contributed by atoms with Crippen molar-refractivity contribution in [2.24, 2.45) is 0 Å². The zero-order chi connectivity index (χ0) is 54.2. The van der Waals surface area contributed by atoms with Crippen LogP contribution in [0.5, 0.6) is 0 Å². The van der Waals surface area contributed by atoms with E-state index in [2.05, 4.69) is 267 Å². The largest absolute Gasteiger partial charge is 0.315 e. The highest BCUT2D eigenvalue weighted by molar-refractivity contribution is 8.00. The van der Waals surface area contributed by atoms with Crippen LogP contribution in [0.25, 0.3) is 109 Å². The molecule has 0 N–H and O–H groups in total. The summed E-state index contributed by atoms with van der Waals surface area (Å²) in [7, 11) is 0. The van der Waals surface area contributed by atoms with E-state index in [9.17, 15) is 0 Å². The maximum atomic E-state index is 2.51. The van der Waals surface area contributed by atoms with E-state index in [1.54, 1.807) is 0 Å². The molecule has 0 aliphatic carbocycles. The standard InChI is InChI=1S/C40H26BNS.C36H24BNS/c1-23-24(2)42-36-15-8-16-37-39(36)41(35-14-7-13-27(23)40(35)42)34-20-18-26(22-38(34)43-37)25-17-19-32-30-11-4-3-9-28(30)29-10-5-6-12-31(29)33(32)21-25;1-21-22(2)38-32-15-8-16-33-35(32)37(31-14-7-13-25(21)36(31)38)30-18-17-24(20-34(30)39-33)29-19-23-9-3-4-10-26(23)27-11-5-6-12-28(27)29/h3-22H,1-2H3;3-20H,1-2H3. The summed E-state index contributed by atoms with van der Waals surface area (Å²) in [6, 6.07) is 86.6. The summed E-state index contributed by atoms with van der Waals surface area (Å²) in [6.45, 7) is 9.57. The van der Waals surface area contributed by atoms with E-state index in [1.165, 1.54) is 184 Å². The van der Waals surface area contributed by atoms with Crippen LogP contribution in [0.4, 0.5) is 0 Å². The fourth-order valence-electron chi connectivity index (χ4n) is 15.2. The molecule has 2 nitrogen and oxygen atoms in total. The molecule has 82 heavy (non-hydrogen) atoms. The minimum Gasteiger partial charge on any atom is -0.315 e. The Morgan fingerprint density at radius 3 is 1.27 bits per heavy atom. The molecule has 0 saturated carbocycles. The Kier molecular flexibility index (Phi) is 9.87. The fraction of sp³-hybridized carbons (Fsp3) is 0.0526. The van der Waals surface area contributed by atoms with E-state index in [0.717, 1.165) is 0 Å². The molecule has 19 rings (SSSR count). The molecule has 382 valence electrons. The monoisotopic (exact) mass is 1080 g/mol. The quantitative estimate of drug-likeness (QED) is 0.126. The van der Waals surface area contributed by atoms with Crippen molar-refractivity contribution >= 4 is 145 Å². The fourth-order valence-corrected chi connectivity index (χ4v) is 17.6. The van der Waals surface area contributed by atoms with Gasteiger partial charge in [-0.05, 0) is 185 Å². The van der Waals surface area contributed by atoms with E-state index >= 15 is 0 Å². The number of hydrogen-bond donors (Lipinski definition) is 0. The third-order valence-electron chi connectivity index (χ3n) is 19.2. The molecule has 0 spiro atoms. The predicted octanol–water partition coefficient (Wildman–Crippen LogP) is 16.2. The lowest BCUT2D eigenvalue weighted by molar-refractivity contribution is 1.04. The normalized spacial score (nSPS) is 13.2. The molecule has 0 radical (unpaired) electrons. The molecule has 2 aromatic heterocycles. The van der Waals surface area contributed by atoms with Gasteiger partial charge in [-0.15, -0.1) is 0 Å². The van der Waals surface area contributed by atoms with E-state index in [4.69, 9.17) is 0 Å². The molecule has 0 amide bonds. The summed E-state index contributed by atoms with van der Waals surface area (Å²) >= 11 is 3.86. The lowest BCUT2D eigenvalue weighted by Crippen LogP contribution is -2.58.